The maximum Gasteiger partial charge on any atom is 0.251 e. The lowest BCUT2D eigenvalue weighted by molar-refractivity contribution is -0.142. The summed E-state index contributed by atoms with van der Waals surface area (Å²) < 4.78 is 10.1. The van der Waals surface area contributed by atoms with Crippen LogP contribution in [-0.2, 0) is 14.4 Å². The molecule has 48 heavy (non-hydrogen) atoms. The van der Waals surface area contributed by atoms with E-state index in [-0.39, 0.29) is 54.5 Å². The molecule has 0 radical (unpaired) electrons. The Labute approximate surface area is 288 Å². The third-order valence-corrected chi connectivity index (χ3v) is 12.1. The highest BCUT2D eigenvalue weighted by atomic mass is 32.2. The normalized spacial score (nSPS) is 26.3. The molecule has 0 saturated carbocycles. The highest BCUT2D eigenvalue weighted by molar-refractivity contribution is 8.02. The fourth-order valence-corrected chi connectivity index (χ4v) is 10.5. The molecule has 2 aromatic rings. The summed E-state index contributed by atoms with van der Waals surface area (Å²) in [5.74, 6) is -0.479. The van der Waals surface area contributed by atoms with Crippen molar-refractivity contribution in [3.8, 4) is 11.5 Å². The predicted octanol–water partition coefficient (Wildman–Crippen LogP) is 5.58. The Morgan fingerprint density at radius 3 is 2.08 bits per heavy atom. The van der Waals surface area contributed by atoms with Crippen molar-refractivity contribution in [1.82, 2.24) is 4.90 Å². The summed E-state index contributed by atoms with van der Waals surface area (Å²) in [5, 5.41) is 10.6. The minimum absolute atomic E-state index is 0.0254. The van der Waals surface area contributed by atoms with Crippen molar-refractivity contribution in [2.24, 2.45) is 23.7 Å². The quantitative estimate of drug-likeness (QED) is 0.246. The second kappa shape index (κ2) is 14.8. The highest BCUT2D eigenvalue weighted by Crippen LogP contribution is 2.69. The maximum absolute atomic E-state index is 15.1. The summed E-state index contributed by atoms with van der Waals surface area (Å²) in [5.41, 5.74) is 1.35. The number of anilines is 2. The number of hydrogen-bond acceptors (Lipinski definition) is 7. The smallest absolute Gasteiger partial charge is 0.251 e. The van der Waals surface area contributed by atoms with Crippen LogP contribution in [0.5, 0.6) is 11.5 Å². The van der Waals surface area contributed by atoms with Gasteiger partial charge in [0.15, 0.2) is 0 Å². The van der Waals surface area contributed by atoms with E-state index in [2.05, 4.69) is 20.1 Å². The average Bonchev–Trinajstić information content (AvgIpc) is 3.68. The number of aliphatic hydroxyl groups excluding tert-OH is 1. The molecule has 3 heterocycles. The summed E-state index contributed by atoms with van der Waals surface area (Å²) in [4.78, 5) is 49.8. The third kappa shape index (κ3) is 6.13. The zero-order valence-corrected chi connectivity index (χ0v) is 29.5. The minimum Gasteiger partial charge on any atom is -0.497 e. The van der Waals surface area contributed by atoms with E-state index in [1.54, 1.807) is 57.9 Å². The molecule has 0 aromatic heterocycles. The topological polar surface area (TPSA) is 99.6 Å². The summed E-state index contributed by atoms with van der Waals surface area (Å²) in [7, 11) is 1.59. The fraction of sp³-hybridized carbons (Fsp3) is 0.500. The van der Waals surface area contributed by atoms with Gasteiger partial charge in [-0.2, -0.15) is 0 Å². The van der Waals surface area contributed by atoms with Gasteiger partial charge in [0.25, 0.3) is 5.91 Å². The zero-order valence-electron chi connectivity index (χ0n) is 28.7. The van der Waals surface area contributed by atoms with E-state index >= 15 is 4.79 Å². The summed E-state index contributed by atoms with van der Waals surface area (Å²) in [6.07, 6.45) is 4.59. The molecule has 1 spiro atoms. The van der Waals surface area contributed by atoms with E-state index in [1.165, 1.54) is 0 Å². The van der Waals surface area contributed by atoms with Crippen LogP contribution in [0.25, 0.3) is 0 Å². The van der Waals surface area contributed by atoms with Crippen LogP contribution in [0.15, 0.2) is 73.8 Å². The molecule has 10 heteroatoms. The number of amides is 3. The summed E-state index contributed by atoms with van der Waals surface area (Å²) in [6.45, 7) is 16.7. The molecule has 3 aliphatic heterocycles. The lowest BCUT2D eigenvalue weighted by Gasteiger charge is -2.42. The van der Waals surface area contributed by atoms with Gasteiger partial charge in [0.1, 0.15) is 17.5 Å². The van der Waals surface area contributed by atoms with Crippen molar-refractivity contribution in [3.63, 3.8) is 0 Å². The first-order chi connectivity index (χ1) is 23.1. The van der Waals surface area contributed by atoms with Crippen LogP contribution in [0.2, 0.25) is 0 Å². The van der Waals surface area contributed by atoms with Gasteiger partial charge in [-0.3, -0.25) is 14.4 Å². The highest BCUT2D eigenvalue weighted by Gasteiger charge is 2.77. The van der Waals surface area contributed by atoms with Gasteiger partial charge in [-0.1, -0.05) is 32.9 Å². The van der Waals surface area contributed by atoms with Crippen LogP contribution in [0.3, 0.4) is 0 Å². The van der Waals surface area contributed by atoms with E-state index in [1.807, 2.05) is 57.2 Å². The Bertz CT molecular complexity index is 1500. The molecule has 9 nitrogen and oxygen atoms in total. The number of ether oxygens (including phenoxy) is 2. The molecule has 3 aliphatic rings. The third-order valence-electron chi connectivity index (χ3n) is 10.0. The maximum atomic E-state index is 15.1. The minimum atomic E-state index is -0.880. The SMILES string of the molecule is C=CCN(C(=O)C1N([C@@H](CO)CC(C)C)C(=O)[C@@H]2[C@H](C(=O)N(CC=C)c3ccc(OCC)cc3)[C@@H]3CC(C)C12S3)c1ccc(OC)cc1. The Morgan fingerprint density at radius 2 is 1.58 bits per heavy atom. The van der Waals surface area contributed by atoms with E-state index in [9.17, 15) is 14.7 Å². The molecule has 5 rings (SSSR count). The van der Waals surface area contributed by atoms with Gasteiger partial charge in [0.05, 0.1) is 42.9 Å². The van der Waals surface area contributed by atoms with Gasteiger partial charge in [0, 0.05) is 29.7 Å². The number of nitrogens with zero attached hydrogens (tertiary/aromatic N) is 3. The molecule has 0 aliphatic carbocycles. The van der Waals surface area contributed by atoms with Crippen molar-refractivity contribution < 1.29 is 29.0 Å². The number of fused-ring (bicyclic) bond motifs is 1. The number of methoxy groups -OCH3 is 1. The van der Waals surface area contributed by atoms with Crippen LogP contribution in [0.4, 0.5) is 11.4 Å². The molecule has 3 saturated heterocycles. The number of benzene rings is 2. The van der Waals surface area contributed by atoms with Crippen molar-refractivity contribution in [2.45, 2.75) is 62.6 Å². The second-order valence-electron chi connectivity index (χ2n) is 13.4. The van der Waals surface area contributed by atoms with Gasteiger partial charge >= 0.3 is 0 Å². The molecule has 3 fully saturated rings. The first kappa shape index (κ1) is 35.5. The van der Waals surface area contributed by atoms with Crippen molar-refractivity contribution in [2.75, 3.05) is 43.2 Å². The van der Waals surface area contributed by atoms with Crippen LogP contribution in [0.1, 0.15) is 40.5 Å². The van der Waals surface area contributed by atoms with Crippen molar-refractivity contribution in [3.05, 3.63) is 73.8 Å². The standard InChI is InChI=1S/C38H49N3O6S/c1-8-19-39(26-13-17-30(18-14-26)47-10-3)35(43)32-31-22-25(6)38(48-31)33(32)36(44)41(28(23-42)21-24(4)5)34(38)37(45)40(20-9-2)27-11-15-29(46-7)16-12-27/h8-9,11-18,24-25,28,31-34,42H,1-2,10,19-23H2,3-7H3/t25?,28-,31+,32-,33+,34?,38?/m1/s1. The molecular formula is C38H49N3O6S. The lowest BCUT2D eigenvalue weighted by atomic mass is 9.65. The average molecular weight is 676 g/mol. The Balaban J connectivity index is 1.60. The number of aliphatic hydroxyl groups is 1. The van der Waals surface area contributed by atoms with E-state index in [0.717, 1.165) is 0 Å². The van der Waals surface area contributed by atoms with Gasteiger partial charge < -0.3 is 29.3 Å². The lowest BCUT2D eigenvalue weighted by Crippen LogP contribution is -2.59. The monoisotopic (exact) mass is 675 g/mol. The summed E-state index contributed by atoms with van der Waals surface area (Å²) >= 11 is 1.63. The molecule has 1 N–H and O–H groups in total. The molecule has 3 amide bonds. The van der Waals surface area contributed by atoms with E-state index in [4.69, 9.17) is 9.47 Å². The molecule has 258 valence electrons. The summed E-state index contributed by atoms with van der Waals surface area (Å²) in [6, 6.07) is 13.2. The second-order valence-corrected chi connectivity index (χ2v) is 14.9. The first-order valence-electron chi connectivity index (χ1n) is 16.9. The number of thioether (sulfide) groups is 1. The van der Waals surface area contributed by atoms with Crippen molar-refractivity contribution >= 4 is 40.9 Å². The molecule has 3 unspecified atom stereocenters. The number of likely N-dealkylation sites (tertiary alicyclic amines) is 1. The molecule has 2 aromatic carbocycles. The Hall–Kier alpha value is -3.76. The van der Waals surface area contributed by atoms with Crippen LogP contribution >= 0.6 is 11.8 Å². The van der Waals surface area contributed by atoms with Crippen molar-refractivity contribution in [1.29, 1.82) is 0 Å². The molecular weight excluding hydrogens is 627 g/mol. The number of rotatable bonds is 15. The Kier molecular flexibility index (Phi) is 10.9. The van der Waals surface area contributed by atoms with Gasteiger partial charge in [-0.15, -0.1) is 24.9 Å². The van der Waals surface area contributed by atoms with Gasteiger partial charge in [-0.25, -0.2) is 0 Å². The fourth-order valence-electron chi connectivity index (χ4n) is 8.12. The zero-order chi connectivity index (χ0) is 34.7. The van der Waals surface area contributed by atoms with Gasteiger partial charge in [-0.05, 0) is 80.1 Å². The number of hydrogen-bond donors (Lipinski definition) is 1. The largest absolute Gasteiger partial charge is 0.497 e. The Morgan fingerprint density at radius 1 is 1.02 bits per heavy atom. The molecule has 2 bridgehead atoms. The molecule has 7 atom stereocenters. The van der Waals surface area contributed by atoms with Crippen LogP contribution < -0.4 is 19.3 Å². The van der Waals surface area contributed by atoms with Crippen LogP contribution in [0, 0.1) is 23.7 Å². The van der Waals surface area contributed by atoms with E-state index < -0.39 is 28.7 Å². The first-order valence-corrected chi connectivity index (χ1v) is 17.8. The van der Waals surface area contributed by atoms with E-state index in [0.29, 0.717) is 42.3 Å². The van der Waals surface area contributed by atoms with Gasteiger partial charge in [0.2, 0.25) is 11.8 Å². The predicted molar refractivity (Wildman–Crippen MR) is 192 cm³/mol. The van der Waals surface area contributed by atoms with Crippen LogP contribution in [-0.4, -0.2) is 83.2 Å². The number of carbonyl (C=O) groups excluding carboxylic acids is 3. The number of carbonyl (C=O) groups is 3.